The Kier molecular flexibility index (Phi) is 10.4. The molecule has 0 aliphatic heterocycles. The SMILES string of the molecule is CCC(CC)COCOCC(CC)CC. The van der Waals surface area contributed by atoms with Crippen LogP contribution >= 0.6 is 0 Å². The van der Waals surface area contributed by atoms with Crippen LogP contribution in [0.1, 0.15) is 53.4 Å². The van der Waals surface area contributed by atoms with Gasteiger partial charge in [-0.3, -0.25) is 0 Å². The van der Waals surface area contributed by atoms with Gasteiger partial charge in [0, 0.05) is 0 Å². The van der Waals surface area contributed by atoms with Crippen LogP contribution in [0, 0.1) is 11.8 Å². The summed E-state index contributed by atoms with van der Waals surface area (Å²) in [4.78, 5) is 0. The van der Waals surface area contributed by atoms with Crippen molar-refractivity contribution in [2.75, 3.05) is 20.0 Å². The van der Waals surface area contributed by atoms with Gasteiger partial charge < -0.3 is 9.47 Å². The summed E-state index contributed by atoms with van der Waals surface area (Å²) in [7, 11) is 0. The van der Waals surface area contributed by atoms with E-state index in [0.29, 0.717) is 18.6 Å². The lowest BCUT2D eigenvalue weighted by atomic mass is 10.1. The molecule has 2 nitrogen and oxygen atoms in total. The summed E-state index contributed by atoms with van der Waals surface area (Å²) in [6, 6.07) is 0. The smallest absolute Gasteiger partial charge is 0.146 e. The summed E-state index contributed by atoms with van der Waals surface area (Å²) < 4.78 is 11.0. The van der Waals surface area contributed by atoms with Gasteiger partial charge in [-0.05, 0) is 11.8 Å². The molecular weight excluding hydrogens is 188 g/mol. The Balaban J connectivity index is 3.30. The van der Waals surface area contributed by atoms with E-state index in [9.17, 15) is 0 Å². The van der Waals surface area contributed by atoms with Crippen molar-refractivity contribution in [1.82, 2.24) is 0 Å². The second kappa shape index (κ2) is 10.4. The highest BCUT2D eigenvalue weighted by atomic mass is 16.7. The zero-order chi connectivity index (χ0) is 11.5. The van der Waals surface area contributed by atoms with Gasteiger partial charge in [0.15, 0.2) is 0 Å². The molecule has 0 unspecified atom stereocenters. The minimum Gasteiger partial charge on any atom is -0.355 e. The Morgan fingerprint density at radius 1 is 0.667 bits per heavy atom. The lowest BCUT2D eigenvalue weighted by Crippen LogP contribution is -2.13. The molecule has 0 rings (SSSR count). The molecule has 0 aliphatic carbocycles. The highest BCUT2D eigenvalue weighted by Crippen LogP contribution is 2.09. The van der Waals surface area contributed by atoms with E-state index in [0.717, 1.165) is 13.2 Å². The van der Waals surface area contributed by atoms with E-state index in [2.05, 4.69) is 27.7 Å². The quantitative estimate of drug-likeness (QED) is 0.408. The Bertz CT molecular complexity index is 104. The predicted octanol–water partition coefficient (Wildman–Crippen LogP) is 3.85. The highest BCUT2D eigenvalue weighted by molar-refractivity contribution is 4.52. The van der Waals surface area contributed by atoms with Crippen molar-refractivity contribution in [2.24, 2.45) is 11.8 Å². The maximum atomic E-state index is 5.49. The van der Waals surface area contributed by atoms with E-state index in [4.69, 9.17) is 9.47 Å². The summed E-state index contributed by atoms with van der Waals surface area (Å²) in [5.74, 6) is 1.39. The fourth-order valence-electron chi connectivity index (χ4n) is 1.54. The van der Waals surface area contributed by atoms with Crippen molar-refractivity contribution < 1.29 is 9.47 Å². The number of hydrogen-bond donors (Lipinski definition) is 0. The Hall–Kier alpha value is -0.0800. The number of rotatable bonds is 10. The average Bonchev–Trinajstić information content (AvgIpc) is 2.29. The van der Waals surface area contributed by atoms with Gasteiger partial charge in [0.2, 0.25) is 0 Å². The second-order valence-electron chi connectivity index (χ2n) is 4.22. The molecular formula is C13H28O2. The van der Waals surface area contributed by atoms with Crippen LogP contribution in [0.25, 0.3) is 0 Å². The molecule has 0 radical (unpaired) electrons. The van der Waals surface area contributed by atoms with Crippen LogP contribution in [0.4, 0.5) is 0 Å². The molecule has 0 N–H and O–H groups in total. The van der Waals surface area contributed by atoms with Crippen LogP contribution in [0.5, 0.6) is 0 Å². The van der Waals surface area contributed by atoms with E-state index < -0.39 is 0 Å². The fraction of sp³-hybridized carbons (Fsp3) is 1.00. The molecule has 0 fully saturated rings. The van der Waals surface area contributed by atoms with Gasteiger partial charge >= 0.3 is 0 Å². The minimum absolute atomic E-state index is 0.465. The van der Waals surface area contributed by atoms with Crippen molar-refractivity contribution in [3.63, 3.8) is 0 Å². The highest BCUT2D eigenvalue weighted by Gasteiger charge is 2.05. The van der Waals surface area contributed by atoms with Gasteiger partial charge in [-0.2, -0.15) is 0 Å². The van der Waals surface area contributed by atoms with Crippen molar-refractivity contribution in [3.05, 3.63) is 0 Å². The molecule has 2 heteroatoms. The lowest BCUT2D eigenvalue weighted by Gasteiger charge is -2.15. The summed E-state index contributed by atoms with van der Waals surface area (Å²) in [5, 5.41) is 0. The van der Waals surface area contributed by atoms with Crippen LogP contribution in [-0.2, 0) is 9.47 Å². The molecule has 0 bridgehead atoms. The molecule has 0 aliphatic rings. The van der Waals surface area contributed by atoms with Crippen LogP contribution < -0.4 is 0 Å². The van der Waals surface area contributed by atoms with Gasteiger partial charge in [0.1, 0.15) is 6.79 Å². The Morgan fingerprint density at radius 2 is 1.00 bits per heavy atom. The third-order valence-electron chi connectivity index (χ3n) is 3.18. The third-order valence-corrected chi connectivity index (χ3v) is 3.18. The van der Waals surface area contributed by atoms with Crippen molar-refractivity contribution in [3.8, 4) is 0 Å². The molecule has 0 saturated heterocycles. The molecule has 0 amide bonds. The van der Waals surface area contributed by atoms with Gasteiger partial charge in [-0.1, -0.05) is 53.4 Å². The Morgan fingerprint density at radius 3 is 1.27 bits per heavy atom. The molecule has 15 heavy (non-hydrogen) atoms. The molecule has 0 atom stereocenters. The van der Waals surface area contributed by atoms with Crippen LogP contribution in [0.2, 0.25) is 0 Å². The van der Waals surface area contributed by atoms with Gasteiger partial charge in [0.05, 0.1) is 13.2 Å². The predicted molar refractivity (Wildman–Crippen MR) is 64.9 cm³/mol. The Labute approximate surface area is 95.3 Å². The van der Waals surface area contributed by atoms with Crippen LogP contribution in [-0.4, -0.2) is 20.0 Å². The topological polar surface area (TPSA) is 18.5 Å². The van der Waals surface area contributed by atoms with Crippen molar-refractivity contribution in [2.45, 2.75) is 53.4 Å². The standard InChI is InChI=1S/C13H28O2/c1-5-12(6-2)9-14-11-15-10-13(7-3)8-4/h12-13H,5-11H2,1-4H3. The molecule has 0 saturated carbocycles. The fourth-order valence-corrected chi connectivity index (χ4v) is 1.54. The molecule has 0 aromatic rings. The monoisotopic (exact) mass is 216 g/mol. The zero-order valence-electron chi connectivity index (χ0n) is 10.9. The average molecular weight is 216 g/mol. The summed E-state index contributed by atoms with van der Waals surface area (Å²) in [6.07, 6.45) is 4.79. The van der Waals surface area contributed by atoms with Crippen molar-refractivity contribution in [1.29, 1.82) is 0 Å². The second-order valence-corrected chi connectivity index (χ2v) is 4.22. The summed E-state index contributed by atoms with van der Waals surface area (Å²) in [5.41, 5.74) is 0. The molecule has 0 aromatic heterocycles. The summed E-state index contributed by atoms with van der Waals surface area (Å²) >= 11 is 0. The molecule has 92 valence electrons. The van der Waals surface area contributed by atoms with E-state index in [-0.39, 0.29) is 0 Å². The number of hydrogen-bond acceptors (Lipinski definition) is 2. The first-order chi connectivity index (χ1) is 7.28. The lowest BCUT2D eigenvalue weighted by molar-refractivity contribution is -0.0751. The van der Waals surface area contributed by atoms with E-state index in [1.54, 1.807) is 0 Å². The van der Waals surface area contributed by atoms with Gasteiger partial charge in [-0.15, -0.1) is 0 Å². The van der Waals surface area contributed by atoms with Crippen LogP contribution in [0.15, 0.2) is 0 Å². The van der Waals surface area contributed by atoms with Gasteiger partial charge in [-0.25, -0.2) is 0 Å². The largest absolute Gasteiger partial charge is 0.355 e. The minimum atomic E-state index is 0.465. The normalized spacial score (nSPS) is 11.6. The van der Waals surface area contributed by atoms with Crippen LogP contribution in [0.3, 0.4) is 0 Å². The van der Waals surface area contributed by atoms with E-state index in [1.807, 2.05) is 0 Å². The first-order valence-electron chi connectivity index (χ1n) is 6.43. The molecule has 0 heterocycles. The molecule has 0 aromatic carbocycles. The maximum Gasteiger partial charge on any atom is 0.146 e. The first kappa shape index (κ1) is 14.9. The van der Waals surface area contributed by atoms with E-state index >= 15 is 0 Å². The van der Waals surface area contributed by atoms with E-state index in [1.165, 1.54) is 25.7 Å². The van der Waals surface area contributed by atoms with Crippen molar-refractivity contribution >= 4 is 0 Å². The number of ether oxygens (including phenoxy) is 2. The zero-order valence-corrected chi connectivity index (χ0v) is 10.9. The summed E-state index contributed by atoms with van der Waals surface area (Å²) in [6.45, 7) is 11.0. The third kappa shape index (κ3) is 7.80. The van der Waals surface area contributed by atoms with Gasteiger partial charge in [0.25, 0.3) is 0 Å². The molecule has 0 spiro atoms. The first-order valence-corrected chi connectivity index (χ1v) is 6.43. The maximum absolute atomic E-state index is 5.49.